The Labute approximate surface area is 110 Å². The number of esters is 1. The first kappa shape index (κ1) is 13.4. The highest BCUT2D eigenvalue weighted by Gasteiger charge is 2.23. The van der Waals surface area contributed by atoms with Crippen LogP contribution in [0, 0.1) is 5.82 Å². The number of rotatable bonds is 3. The van der Waals surface area contributed by atoms with Crippen LogP contribution < -0.4 is 5.06 Å². The average molecular weight is 267 g/mol. The minimum absolute atomic E-state index is 0.0859. The van der Waals surface area contributed by atoms with Gasteiger partial charge >= 0.3 is 5.97 Å². The van der Waals surface area contributed by atoms with Crippen molar-refractivity contribution in [3.63, 3.8) is 0 Å². The number of halogens is 1. The maximum atomic E-state index is 13.6. The van der Waals surface area contributed by atoms with E-state index in [0.29, 0.717) is 0 Å². The van der Waals surface area contributed by atoms with Crippen molar-refractivity contribution in [1.82, 2.24) is 0 Å². The van der Waals surface area contributed by atoms with Crippen LogP contribution in [0.5, 0.6) is 0 Å². The first-order valence-corrected chi connectivity index (χ1v) is 5.86. The van der Waals surface area contributed by atoms with Crippen molar-refractivity contribution < 1.29 is 23.5 Å². The lowest BCUT2D eigenvalue weighted by atomic mass is 10.3. The molecule has 0 radical (unpaired) electrons. The monoisotopic (exact) mass is 267 g/mol. The van der Waals surface area contributed by atoms with Gasteiger partial charge in [-0.15, -0.1) is 0 Å². The van der Waals surface area contributed by atoms with Gasteiger partial charge in [-0.2, -0.15) is 5.06 Å². The Kier molecular flexibility index (Phi) is 4.35. The van der Waals surface area contributed by atoms with Crippen molar-refractivity contribution in [3.05, 3.63) is 42.4 Å². The highest BCUT2D eigenvalue weighted by atomic mass is 19.1. The minimum Gasteiger partial charge on any atom is -0.464 e. The van der Waals surface area contributed by atoms with Crippen LogP contribution in [0.15, 0.2) is 36.6 Å². The fraction of sp³-hybridized carbons (Fsp3) is 0.308. The van der Waals surface area contributed by atoms with Crippen LogP contribution in [0.1, 0.15) is 6.92 Å². The molecule has 0 amide bonds. The second-order valence-electron chi connectivity index (χ2n) is 3.73. The van der Waals surface area contributed by atoms with Crippen molar-refractivity contribution in [1.29, 1.82) is 0 Å². The molecule has 0 N–H and O–H groups in total. The lowest BCUT2D eigenvalue weighted by Gasteiger charge is -2.21. The van der Waals surface area contributed by atoms with E-state index in [2.05, 4.69) is 0 Å². The molecule has 1 aromatic carbocycles. The number of hydrogen-bond donors (Lipinski definition) is 0. The molecule has 19 heavy (non-hydrogen) atoms. The lowest BCUT2D eigenvalue weighted by Crippen LogP contribution is -2.30. The van der Waals surface area contributed by atoms with E-state index in [1.807, 2.05) is 0 Å². The summed E-state index contributed by atoms with van der Waals surface area (Å²) in [5.41, 5.74) is 0.233. The number of anilines is 1. The number of carbonyl (C=O) groups excluding carboxylic acids is 1. The van der Waals surface area contributed by atoms with Gasteiger partial charge in [0.1, 0.15) is 17.8 Å². The summed E-state index contributed by atoms with van der Waals surface area (Å²) in [5.74, 6) is -0.938. The van der Waals surface area contributed by atoms with Gasteiger partial charge in [0.05, 0.1) is 6.61 Å². The predicted octanol–water partition coefficient (Wildman–Crippen LogP) is 2.00. The van der Waals surface area contributed by atoms with Gasteiger partial charge in [0.15, 0.2) is 12.8 Å². The zero-order chi connectivity index (χ0) is 13.7. The fourth-order valence-electron chi connectivity index (χ4n) is 1.57. The Morgan fingerprint density at radius 3 is 3.05 bits per heavy atom. The maximum absolute atomic E-state index is 13.6. The molecule has 1 unspecified atom stereocenters. The second-order valence-corrected chi connectivity index (χ2v) is 3.73. The third kappa shape index (κ3) is 3.23. The number of ether oxygens (including phenoxy) is 2. The molecule has 0 spiro atoms. The largest absolute Gasteiger partial charge is 0.464 e. The number of benzene rings is 1. The molecule has 0 saturated carbocycles. The molecular formula is C13H14FNO4. The minimum atomic E-state index is -0.850. The van der Waals surface area contributed by atoms with Crippen molar-refractivity contribution in [3.8, 4) is 0 Å². The molecule has 0 aliphatic carbocycles. The molecule has 1 aliphatic rings. The third-order valence-corrected chi connectivity index (χ3v) is 2.45. The van der Waals surface area contributed by atoms with Crippen LogP contribution in [0.25, 0.3) is 0 Å². The van der Waals surface area contributed by atoms with Gasteiger partial charge in [-0.1, -0.05) is 12.1 Å². The molecule has 1 heterocycles. The van der Waals surface area contributed by atoms with E-state index >= 15 is 0 Å². The maximum Gasteiger partial charge on any atom is 0.339 e. The summed E-state index contributed by atoms with van der Waals surface area (Å²) in [7, 11) is 0. The molecule has 1 atom stereocenters. The van der Waals surface area contributed by atoms with Gasteiger partial charge in [-0.3, -0.25) is 0 Å². The molecule has 1 aliphatic heterocycles. The van der Waals surface area contributed by atoms with Gasteiger partial charge in [0.2, 0.25) is 0 Å². The van der Waals surface area contributed by atoms with Crippen LogP contribution in [-0.2, 0) is 19.1 Å². The van der Waals surface area contributed by atoms with Crippen LogP contribution in [0.2, 0.25) is 0 Å². The number of hydroxylamine groups is 1. The van der Waals surface area contributed by atoms with E-state index in [-0.39, 0.29) is 19.0 Å². The van der Waals surface area contributed by atoms with E-state index in [1.54, 1.807) is 25.1 Å². The summed E-state index contributed by atoms with van der Waals surface area (Å²) in [5, 5.41) is 1.21. The standard InChI is InChI=1S/C13H14FNO4/c1-2-17-13(16)12-7-8-19-15(9-18-12)11-6-4-3-5-10(11)14/h3-8,12H,2,9H2,1H3. The molecule has 1 aromatic rings. The summed E-state index contributed by atoms with van der Waals surface area (Å²) in [6, 6.07) is 6.13. The predicted molar refractivity (Wildman–Crippen MR) is 65.5 cm³/mol. The Hall–Kier alpha value is -2.08. The van der Waals surface area contributed by atoms with Crippen molar-refractivity contribution in [2.75, 3.05) is 18.4 Å². The van der Waals surface area contributed by atoms with Crippen LogP contribution in [0.3, 0.4) is 0 Å². The molecule has 102 valence electrons. The molecule has 0 aromatic heterocycles. The molecule has 0 fully saturated rings. The molecule has 6 heteroatoms. The fourth-order valence-corrected chi connectivity index (χ4v) is 1.57. The highest BCUT2D eigenvalue weighted by molar-refractivity contribution is 5.76. The molecule has 5 nitrogen and oxygen atoms in total. The lowest BCUT2D eigenvalue weighted by molar-refractivity contribution is -0.153. The summed E-state index contributed by atoms with van der Waals surface area (Å²) in [6.07, 6.45) is 1.84. The van der Waals surface area contributed by atoms with Gasteiger partial charge in [-0.25, -0.2) is 9.18 Å². The smallest absolute Gasteiger partial charge is 0.339 e. The summed E-state index contributed by atoms with van der Waals surface area (Å²) >= 11 is 0. The summed E-state index contributed by atoms with van der Waals surface area (Å²) in [6.45, 7) is 1.89. The Bertz CT molecular complexity index is 477. The zero-order valence-electron chi connectivity index (χ0n) is 10.4. The van der Waals surface area contributed by atoms with Crippen LogP contribution in [0.4, 0.5) is 10.1 Å². The molecular weight excluding hydrogens is 253 g/mol. The van der Waals surface area contributed by atoms with Crippen LogP contribution in [-0.4, -0.2) is 25.4 Å². The Morgan fingerprint density at radius 1 is 1.53 bits per heavy atom. The third-order valence-electron chi connectivity index (χ3n) is 2.45. The van der Waals surface area contributed by atoms with Crippen molar-refractivity contribution >= 4 is 11.7 Å². The molecule has 2 rings (SSSR count). The first-order chi connectivity index (χ1) is 9.22. The van der Waals surface area contributed by atoms with E-state index in [1.165, 1.54) is 23.5 Å². The molecule has 0 saturated heterocycles. The van der Waals surface area contributed by atoms with E-state index < -0.39 is 17.9 Å². The highest BCUT2D eigenvalue weighted by Crippen LogP contribution is 2.21. The van der Waals surface area contributed by atoms with Gasteiger partial charge in [-0.05, 0) is 25.1 Å². The van der Waals surface area contributed by atoms with E-state index in [4.69, 9.17) is 14.3 Å². The summed E-state index contributed by atoms with van der Waals surface area (Å²) in [4.78, 5) is 16.7. The van der Waals surface area contributed by atoms with Crippen molar-refractivity contribution in [2.45, 2.75) is 13.0 Å². The summed E-state index contributed by atoms with van der Waals surface area (Å²) < 4.78 is 23.7. The normalized spacial score (nSPS) is 18.6. The quantitative estimate of drug-likeness (QED) is 0.784. The number of carbonyl (C=O) groups is 1. The number of nitrogens with zero attached hydrogens (tertiary/aromatic N) is 1. The first-order valence-electron chi connectivity index (χ1n) is 5.86. The van der Waals surface area contributed by atoms with E-state index in [0.717, 1.165) is 0 Å². The number of para-hydroxylation sites is 1. The van der Waals surface area contributed by atoms with Gasteiger partial charge < -0.3 is 14.3 Å². The SMILES string of the molecule is CCOC(=O)C1C=CON(c2ccccc2F)CO1. The van der Waals surface area contributed by atoms with Gasteiger partial charge in [0, 0.05) is 0 Å². The Morgan fingerprint density at radius 2 is 2.32 bits per heavy atom. The average Bonchev–Trinajstić information content (AvgIpc) is 2.65. The van der Waals surface area contributed by atoms with Crippen molar-refractivity contribution in [2.24, 2.45) is 0 Å². The topological polar surface area (TPSA) is 48.0 Å². The van der Waals surface area contributed by atoms with Gasteiger partial charge in [0.25, 0.3) is 0 Å². The van der Waals surface area contributed by atoms with Crippen LogP contribution >= 0.6 is 0 Å². The Balaban J connectivity index is 2.05. The number of hydrogen-bond acceptors (Lipinski definition) is 5. The molecule has 0 bridgehead atoms. The second kappa shape index (κ2) is 6.19. The zero-order valence-corrected chi connectivity index (χ0v) is 10.4. The van der Waals surface area contributed by atoms with E-state index in [9.17, 15) is 9.18 Å².